The molecule has 0 aromatic heterocycles. The predicted molar refractivity (Wildman–Crippen MR) is 227 cm³/mol. The van der Waals surface area contributed by atoms with Crippen LogP contribution in [0.15, 0.2) is 72.9 Å². The maximum atomic E-state index is 12.6. The fraction of sp³-hybridized carbons (Fsp3) is 0.659. The molecule has 0 saturated heterocycles. The summed E-state index contributed by atoms with van der Waals surface area (Å²) < 4.78 is 32.5. The summed E-state index contributed by atoms with van der Waals surface area (Å²) in [5.41, 5.74) is 5.32. The standard InChI is InChI=1S/C44H74NO11P/c1-3-5-7-8-9-10-11-13-18-21-24-27-31-35-43(48)56-40(37-54-57(51,52)55-38-41(45)44(49)50)36-53-42(47)34-30-26-23-20-17-15-12-14-16-19-22-25-29-33-39(46)32-28-6-4-2/h6,14-17,22-23,25-26,28-29,33,39-41,46H,3-5,7-13,18-21,24,27,30-32,34-38,45H2,1-2H3,(H,49,50)(H,51,52)/b16-14-,17-15-,25-22+,26-23-,28-6-,33-29+/t39?,40-,41+/m1/s1. The first-order valence-corrected chi connectivity index (χ1v) is 22.6. The van der Waals surface area contributed by atoms with Crippen LogP contribution in [0.3, 0.4) is 0 Å². The molecule has 0 aromatic rings. The molecule has 2 unspecified atom stereocenters. The van der Waals surface area contributed by atoms with Gasteiger partial charge in [0.2, 0.25) is 0 Å². The maximum absolute atomic E-state index is 12.6. The second kappa shape index (κ2) is 38.4. The van der Waals surface area contributed by atoms with Crippen LogP contribution in [0.1, 0.15) is 149 Å². The molecule has 0 spiro atoms. The molecule has 0 bridgehead atoms. The van der Waals surface area contributed by atoms with Crippen molar-refractivity contribution in [1.29, 1.82) is 0 Å². The lowest BCUT2D eigenvalue weighted by Crippen LogP contribution is -2.34. The number of rotatable bonds is 38. The number of allylic oxidation sites excluding steroid dienone is 10. The van der Waals surface area contributed by atoms with Crippen molar-refractivity contribution in [1.82, 2.24) is 0 Å². The number of aliphatic hydroxyl groups excluding tert-OH is 1. The van der Waals surface area contributed by atoms with E-state index in [1.54, 1.807) is 6.08 Å². The van der Waals surface area contributed by atoms with Gasteiger partial charge >= 0.3 is 25.7 Å². The van der Waals surface area contributed by atoms with Crippen LogP contribution in [0.4, 0.5) is 0 Å². The number of unbranched alkanes of at least 4 members (excludes halogenated alkanes) is 12. The molecule has 0 aliphatic heterocycles. The van der Waals surface area contributed by atoms with E-state index in [-0.39, 0.29) is 12.8 Å². The van der Waals surface area contributed by atoms with Gasteiger partial charge < -0.3 is 30.3 Å². The zero-order chi connectivity index (χ0) is 42.2. The third-order valence-electron chi connectivity index (χ3n) is 8.56. The highest BCUT2D eigenvalue weighted by molar-refractivity contribution is 7.47. The number of hydrogen-bond donors (Lipinski definition) is 4. The third kappa shape index (κ3) is 38.2. The summed E-state index contributed by atoms with van der Waals surface area (Å²) in [6.07, 6.45) is 41.7. The van der Waals surface area contributed by atoms with Crippen LogP contribution in [0.5, 0.6) is 0 Å². The predicted octanol–water partition coefficient (Wildman–Crippen LogP) is 9.92. The molecule has 13 heteroatoms. The van der Waals surface area contributed by atoms with E-state index in [1.165, 1.54) is 57.8 Å². The topological polar surface area (TPSA) is 192 Å². The van der Waals surface area contributed by atoms with Gasteiger partial charge in [-0.1, -0.05) is 164 Å². The number of aliphatic carboxylic acids is 1. The highest BCUT2D eigenvalue weighted by Crippen LogP contribution is 2.43. The van der Waals surface area contributed by atoms with Crippen LogP contribution < -0.4 is 5.73 Å². The Morgan fingerprint density at radius 2 is 1.19 bits per heavy atom. The number of carbonyl (C=O) groups excluding carboxylic acids is 2. The van der Waals surface area contributed by atoms with Gasteiger partial charge in [-0.15, -0.1) is 0 Å². The minimum Gasteiger partial charge on any atom is -0.480 e. The van der Waals surface area contributed by atoms with E-state index >= 15 is 0 Å². The largest absolute Gasteiger partial charge is 0.480 e. The Morgan fingerprint density at radius 3 is 1.77 bits per heavy atom. The molecular weight excluding hydrogens is 749 g/mol. The Morgan fingerprint density at radius 1 is 0.649 bits per heavy atom. The number of carbonyl (C=O) groups is 3. The lowest BCUT2D eigenvalue weighted by atomic mass is 10.0. The number of carboxylic acid groups (broad SMARTS) is 1. The molecule has 0 heterocycles. The van der Waals surface area contributed by atoms with Gasteiger partial charge in [0.05, 0.1) is 19.3 Å². The summed E-state index contributed by atoms with van der Waals surface area (Å²) in [4.78, 5) is 45.8. The highest BCUT2D eigenvalue weighted by Gasteiger charge is 2.28. The molecule has 326 valence electrons. The van der Waals surface area contributed by atoms with E-state index in [4.69, 9.17) is 24.8 Å². The number of hydrogen-bond acceptors (Lipinski definition) is 10. The van der Waals surface area contributed by atoms with Gasteiger partial charge in [0.15, 0.2) is 6.10 Å². The zero-order valence-corrected chi connectivity index (χ0v) is 35.7. The molecule has 0 saturated carbocycles. The molecule has 0 fully saturated rings. The van der Waals surface area contributed by atoms with E-state index in [9.17, 15) is 28.9 Å². The van der Waals surface area contributed by atoms with Gasteiger partial charge in [0, 0.05) is 12.8 Å². The van der Waals surface area contributed by atoms with Gasteiger partial charge in [0.25, 0.3) is 0 Å². The van der Waals surface area contributed by atoms with Crippen molar-refractivity contribution < 1.29 is 52.6 Å². The summed E-state index contributed by atoms with van der Waals surface area (Å²) in [6, 6.07) is -1.54. The van der Waals surface area contributed by atoms with Crippen molar-refractivity contribution in [2.45, 2.75) is 167 Å². The van der Waals surface area contributed by atoms with E-state index in [2.05, 4.69) is 36.6 Å². The fourth-order valence-electron chi connectivity index (χ4n) is 5.23. The van der Waals surface area contributed by atoms with Crippen LogP contribution in [0.25, 0.3) is 0 Å². The normalized spacial score (nSPS) is 15.0. The van der Waals surface area contributed by atoms with Crippen LogP contribution in [0.2, 0.25) is 0 Å². The molecule has 0 rings (SSSR count). The molecule has 0 amide bonds. The highest BCUT2D eigenvalue weighted by atomic mass is 31.2. The van der Waals surface area contributed by atoms with Crippen LogP contribution >= 0.6 is 7.82 Å². The lowest BCUT2D eigenvalue weighted by molar-refractivity contribution is -0.161. The maximum Gasteiger partial charge on any atom is 0.472 e. The number of phosphoric ester groups is 1. The van der Waals surface area contributed by atoms with Crippen LogP contribution in [0, 0.1) is 0 Å². The number of phosphoric acid groups is 1. The monoisotopic (exact) mass is 823 g/mol. The summed E-state index contributed by atoms with van der Waals surface area (Å²) in [5, 5.41) is 18.7. The zero-order valence-electron chi connectivity index (χ0n) is 34.8. The van der Waals surface area contributed by atoms with E-state index in [1.807, 2.05) is 48.6 Å². The molecule has 0 aromatic carbocycles. The molecule has 57 heavy (non-hydrogen) atoms. The van der Waals surface area contributed by atoms with Crippen LogP contribution in [-0.4, -0.2) is 71.1 Å². The summed E-state index contributed by atoms with van der Waals surface area (Å²) in [7, 11) is -4.74. The number of aliphatic hydroxyl groups is 1. The van der Waals surface area contributed by atoms with Crippen molar-refractivity contribution in [2.24, 2.45) is 5.73 Å². The SMILES string of the molecule is CC/C=C\CC(O)/C=C/C=C/C/C=C\C/C=C\C/C=C\CCC(=O)OC[C@H](COP(=O)(O)OC[C@H](N)C(=O)O)OC(=O)CCCCCCCCCCCCCCC. The minimum atomic E-state index is -4.74. The average Bonchev–Trinajstić information content (AvgIpc) is 3.18. The molecule has 0 aliphatic carbocycles. The van der Waals surface area contributed by atoms with Gasteiger partial charge in [-0.25, -0.2) is 4.57 Å². The Bertz CT molecular complexity index is 1260. The van der Waals surface area contributed by atoms with E-state index in [0.717, 1.165) is 38.5 Å². The smallest absolute Gasteiger partial charge is 0.472 e. The Balaban J connectivity index is 4.54. The number of esters is 2. The second-order valence-corrected chi connectivity index (χ2v) is 15.4. The molecular formula is C44H74NO11P. The lowest BCUT2D eigenvalue weighted by Gasteiger charge is -2.20. The Labute approximate surface area is 343 Å². The van der Waals surface area contributed by atoms with Crippen molar-refractivity contribution in [3.63, 3.8) is 0 Å². The summed E-state index contributed by atoms with van der Waals surface area (Å²) in [6.45, 7) is 2.49. The van der Waals surface area contributed by atoms with E-state index < -0.39 is 63.8 Å². The second-order valence-electron chi connectivity index (χ2n) is 13.9. The van der Waals surface area contributed by atoms with Crippen molar-refractivity contribution in [3.05, 3.63) is 72.9 Å². The summed E-state index contributed by atoms with van der Waals surface area (Å²) >= 11 is 0. The Hall–Kier alpha value is -3.12. The Kier molecular flexibility index (Phi) is 36.3. The van der Waals surface area contributed by atoms with Crippen LogP contribution in [-0.2, 0) is 37.5 Å². The van der Waals surface area contributed by atoms with Gasteiger partial charge in [-0.2, -0.15) is 0 Å². The first-order valence-electron chi connectivity index (χ1n) is 21.1. The van der Waals surface area contributed by atoms with E-state index in [0.29, 0.717) is 25.7 Å². The van der Waals surface area contributed by atoms with Gasteiger partial charge in [-0.3, -0.25) is 23.4 Å². The third-order valence-corrected chi connectivity index (χ3v) is 9.51. The van der Waals surface area contributed by atoms with Crippen molar-refractivity contribution in [3.8, 4) is 0 Å². The number of carboxylic acids is 1. The molecule has 0 radical (unpaired) electrons. The first-order chi connectivity index (χ1) is 27.5. The van der Waals surface area contributed by atoms with Gasteiger partial charge in [-0.05, 0) is 44.9 Å². The van der Waals surface area contributed by atoms with Gasteiger partial charge in [0.1, 0.15) is 12.6 Å². The van der Waals surface area contributed by atoms with Crippen molar-refractivity contribution >= 4 is 25.7 Å². The molecule has 5 N–H and O–H groups in total. The molecule has 4 atom stereocenters. The first kappa shape index (κ1) is 53.9. The molecule has 12 nitrogen and oxygen atoms in total. The molecule has 0 aliphatic rings. The summed E-state index contributed by atoms with van der Waals surface area (Å²) in [5.74, 6) is -2.52. The van der Waals surface area contributed by atoms with Crippen molar-refractivity contribution in [2.75, 3.05) is 19.8 Å². The number of ether oxygens (including phenoxy) is 2. The average molecular weight is 824 g/mol. The quantitative estimate of drug-likeness (QED) is 0.0152. The fourth-order valence-corrected chi connectivity index (χ4v) is 6.01. The number of nitrogens with two attached hydrogens (primary N) is 1. The minimum absolute atomic E-state index is 0.0791.